The van der Waals surface area contributed by atoms with Crippen LogP contribution in [0.3, 0.4) is 0 Å². The molecule has 0 aromatic carbocycles. The minimum Gasteiger partial charge on any atom is -0.478 e. The van der Waals surface area contributed by atoms with Crippen molar-refractivity contribution in [1.29, 1.82) is 5.26 Å². The van der Waals surface area contributed by atoms with Crippen LogP contribution in [0, 0.1) is 11.3 Å². The number of amides is 1. The van der Waals surface area contributed by atoms with Crippen molar-refractivity contribution in [2.45, 2.75) is 6.54 Å². The number of pyridine rings is 1. The van der Waals surface area contributed by atoms with Gasteiger partial charge in [-0.2, -0.15) is 5.26 Å². The zero-order chi connectivity index (χ0) is 13.4. The Morgan fingerprint density at radius 1 is 1.56 bits per heavy atom. The van der Waals surface area contributed by atoms with Crippen LogP contribution in [-0.2, 0) is 11.3 Å². The lowest BCUT2D eigenvalue weighted by Crippen LogP contribution is -2.25. The van der Waals surface area contributed by atoms with Crippen molar-refractivity contribution in [1.82, 2.24) is 10.3 Å². The van der Waals surface area contributed by atoms with Crippen LogP contribution < -0.4 is 5.32 Å². The molecule has 0 spiro atoms. The standard InChI is InChI=1S/C11H11N3O3S/c12-2-4-18-7-10(15)14-6-9-5-8(11(16)17)1-3-13-9/h1,3,5H,4,6-7H2,(H,14,15)(H,16,17). The molecular formula is C11H11N3O3S. The largest absolute Gasteiger partial charge is 0.478 e. The summed E-state index contributed by atoms with van der Waals surface area (Å²) in [4.78, 5) is 26.0. The molecule has 7 heteroatoms. The average molecular weight is 265 g/mol. The molecule has 2 N–H and O–H groups in total. The van der Waals surface area contributed by atoms with Gasteiger partial charge in [-0.3, -0.25) is 9.78 Å². The maximum atomic E-state index is 11.3. The molecule has 6 nitrogen and oxygen atoms in total. The number of nitriles is 1. The van der Waals surface area contributed by atoms with Crippen LogP contribution in [-0.4, -0.2) is 33.5 Å². The number of hydrogen-bond acceptors (Lipinski definition) is 5. The molecule has 0 aliphatic heterocycles. The molecular weight excluding hydrogens is 254 g/mol. The molecule has 0 saturated carbocycles. The van der Waals surface area contributed by atoms with E-state index in [-0.39, 0.29) is 29.5 Å². The second-order valence-electron chi connectivity index (χ2n) is 3.27. The molecule has 94 valence electrons. The van der Waals surface area contributed by atoms with Crippen LogP contribution in [0.5, 0.6) is 0 Å². The zero-order valence-corrected chi connectivity index (χ0v) is 10.2. The van der Waals surface area contributed by atoms with E-state index >= 15 is 0 Å². The van der Waals surface area contributed by atoms with Crippen LogP contribution in [0.15, 0.2) is 18.3 Å². The number of aromatic carboxylic acids is 1. The maximum absolute atomic E-state index is 11.3. The maximum Gasteiger partial charge on any atom is 0.335 e. The van der Waals surface area contributed by atoms with E-state index in [2.05, 4.69) is 10.3 Å². The number of nitrogens with zero attached hydrogens (tertiary/aromatic N) is 2. The first-order valence-electron chi connectivity index (χ1n) is 5.03. The molecule has 0 atom stereocenters. The molecule has 0 radical (unpaired) electrons. The Balaban J connectivity index is 2.44. The quantitative estimate of drug-likeness (QED) is 0.732. The van der Waals surface area contributed by atoms with Gasteiger partial charge < -0.3 is 10.4 Å². The third-order valence-corrected chi connectivity index (χ3v) is 2.73. The van der Waals surface area contributed by atoms with Crippen molar-refractivity contribution in [3.05, 3.63) is 29.6 Å². The van der Waals surface area contributed by atoms with E-state index in [1.807, 2.05) is 6.07 Å². The topological polar surface area (TPSA) is 103 Å². The summed E-state index contributed by atoms with van der Waals surface area (Å²) < 4.78 is 0. The van der Waals surface area contributed by atoms with E-state index in [4.69, 9.17) is 10.4 Å². The summed E-state index contributed by atoms with van der Waals surface area (Å²) >= 11 is 1.22. The Morgan fingerprint density at radius 3 is 3.00 bits per heavy atom. The third-order valence-electron chi connectivity index (χ3n) is 1.93. The molecule has 1 amide bonds. The average Bonchev–Trinajstić information content (AvgIpc) is 2.37. The van der Waals surface area contributed by atoms with Crippen molar-refractivity contribution < 1.29 is 14.7 Å². The normalized spacial score (nSPS) is 9.50. The number of nitrogens with one attached hydrogen (secondary N) is 1. The summed E-state index contributed by atoms with van der Waals surface area (Å²) in [6.07, 6.45) is 1.38. The molecule has 1 aromatic heterocycles. The second-order valence-corrected chi connectivity index (χ2v) is 4.25. The summed E-state index contributed by atoms with van der Waals surface area (Å²) in [5.74, 6) is -0.779. The lowest BCUT2D eigenvalue weighted by atomic mass is 10.2. The molecule has 0 aliphatic rings. The minimum absolute atomic E-state index is 0.133. The molecule has 18 heavy (non-hydrogen) atoms. The van der Waals surface area contributed by atoms with E-state index in [0.717, 1.165) is 0 Å². The van der Waals surface area contributed by atoms with Crippen LogP contribution in [0.25, 0.3) is 0 Å². The number of carbonyl (C=O) groups excluding carboxylic acids is 1. The van der Waals surface area contributed by atoms with Gasteiger partial charge in [-0.1, -0.05) is 0 Å². The highest BCUT2D eigenvalue weighted by atomic mass is 32.2. The van der Waals surface area contributed by atoms with Crippen LogP contribution in [0.2, 0.25) is 0 Å². The van der Waals surface area contributed by atoms with E-state index in [1.54, 1.807) is 0 Å². The first-order valence-corrected chi connectivity index (χ1v) is 6.18. The first-order chi connectivity index (χ1) is 8.63. The molecule has 0 unspecified atom stereocenters. The number of aromatic nitrogens is 1. The minimum atomic E-state index is -1.03. The Morgan fingerprint density at radius 2 is 2.33 bits per heavy atom. The predicted molar refractivity (Wildman–Crippen MR) is 66.0 cm³/mol. The molecule has 0 saturated heterocycles. The third kappa shape index (κ3) is 4.84. The van der Waals surface area contributed by atoms with E-state index < -0.39 is 5.97 Å². The van der Waals surface area contributed by atoms with E-state index in [1.165, 1.54) is 30.1 Å². The zero-order valence-electron chi connectivity index (χ0n) is 9.42. The van der Waals surface area contributed by atoms with Gasteiger partial charge in [0.25, 0.3) is 0 Å². The summed E-state index contributed by atoms with van der Waals surface area (Å²) in [5, 5.41) is 19.7. The summed E-state index contributed by atoms with van der Waals surface area (Å²) in [7, 11) is 0. The van der Waals surface area contributed by atoms with Gasteiger partial charge in [0.2, 0.25) is 5.91 Å². The van der Waals surface area contributed by atoms with E-state index in [0.29, 0.717) is 5.69 Å². The molecule has 1 rings (SSSR count). The van der Waals surface area contributed by atoms with Crippen LogP contribution >= 0.6 is 11.8 Å². The van der Waals surface area contributed by atoms with Gasteiger partial charge in [0.05, 0.1) is 35.4 Å². The van der Waals surface area contributed by atoms with Gasteiger partial charge >= 0.3 is 5.97 Å². The highest BCUT2D eigenvalue weighted by molar-refractivity contribution is 8.00. The molecule has 1 heterocycles. The molecule has 0 bridgehead atoms. The van der Waals surface area contributed by atoms with Crippen molar-refractivity contribution in [3.8, 4) is 6.07 Å². The van der Waals surface area contributed by atoms with Crippen LogP contribution in [0.4, 0.5) is 0 Å². The summed E-state index contributed by atoms with van der Waals surface area (Å²) in [6, 6.07) is 4.72. The fourth-order valence-corrected chi connectivity index (χ4v) is 1.62. The number of carboxylic acids is 1. The number of rotatable bonds is 6. The van der Waals surface area contributed by atoms with Crippen LogP contribution in [0.1, 0.15) is 16.1 Å². The van der Waals surface area contributed by atoms with Gasteiger partial charge in [0, 0.05) is 6.20 Å². The monoisotopic (exact) mass is 265 g/mol. The predicted octanol–water partition coefficient (Wildman–Crippen LogP) is 0.653. The number of thioether (sulfide) groups is 1. The first kappa shape index (κ1) is 14.0. The van der Waals surface area contributed by atoms with E-state index in [9.17, 15) is 9.59 Å². The molecule has 0 aliphatic carbocycles. The Labute approximate surface area is 108 Å². The smallest absolute Gasteiger partial charge is 0.335 e. The van der Waals surface area contributed by atoms with Crippen molar-refractivity contribution in [2.24, 2.45) is 0 Å². The van der Waals surface area contributed by atoms with Gasteiger partial charge in [0.1, 0.15) is 0 Å². The van der Waals surface area contributed by atoms with Crippen molar-refractivity contribution in [2.75, 3.05) is 11.5 Å². The van der Waals surface area contributed by atoms with Gasteiger partial charge in [-0.15, -0.1) is 11.8 Å². The Hall–Kier alpha value is -2.07. The number of hydrogen-bond donors (Lipinski definition) is 2. The Bertz CT molecular complexity index is 485. The summed E-state index contributed by atoms with van der Waals surface area (Å²) in [6.45, 7) is 0.174. The molecule has 0 fully saturated rings. The fraction of sp³-hybridized carbons (Fsp3) is 0.273. The highest BCUT2D eigenvalue weighted by Crippen LogP contribution is 2.02. The Kier molecular flexibility index (Phi) is 5.67. The highest BCUT2D eigenvalue weighted by Gasteiger charge is 2.06. The number of carbonyl (C=O) groups is 2. The van der Waals surface area contributed by atoms with Gasteiger partial charge in [0.15, 0.2) is 0 Å². The van der Waals surface area contributed by atoms with Gasteiger partial charge in [-0.25, -0.2) is 4.79 Å². The molecule has 1 aromatic rings. The lowest BCUT2D eigenvalue weighted by Gasteiger charge is -2.04. The van der Waals surface area contributed by atoms with Gasteiger partial charge in [-0.05, 0) is 12.1 Å². The summed E-state index contributed by atoms with van der Waals surface area (Å²) in [5.41, 5.74) is 0.613. The van der Waals surface area contributed by atoms with Crippen molar-refractivity contribution >= 4 is 23.6 Å². The lowest BCUT2D eigenvalue weighted by molar-refractivity contribution is -0.118. The van der Waals surface area contributed by atoms with Crippen molar-refractivity contribution in [3.63, 3.8) is 0 Å². The second kappa shape index (κ2) is 7.29. The SMILES string of the molecule is N#CCSCC(=O)NCc1cc(C(=O)O)ccn1. The number of carboxylic acid groups (broad SMARTS) is 1. The fourth-order valence-electron chi connectivity index (χ4n) is 1.14.